The average Bonchev–Trinajstić information content (AvgIpc) is 2.78. The van der Waals surface area contributed by atoms with Gasteiger partial charge in [0.1, 0.15) is 0 Å². The molecule has 0 saturated carbocycles. The van der Waals surface area contributed by atoms with Crippen LogP contribution in [0.25, 0.3) is 0 Å². The maximum atomic E-state index is 3.30. The van der Waals surface area contributed by atoms with E-state index in [1.54, 1.807) is 0 Å². The molecule has 3 aromatic carbocycles. The van der Waals surface area contributed by atoms with Crippen molar-refractivity contribution >= 4 is 17.1 Å². The monoisotopic (exact) mass is 394 g/mol. The van der Waals surface area contributed by atoms with E-state index < -0.39 is 0 Å². The maximum absolute atomic E-state index is 3.30. The van der Waals surface area contributed by atoms with Crippen LogP contribution in [0.1, 0.15) is 36.5 Å². The number of nitrogens with one attached hydrogen (secondary N) is 1. The predicted molar refractivity (Wildman–Crippen MR) is 130 cm³/mol. The number of nitrogens with zero attached hydrogens (tertiary/aromatic N) is 1. The van der Waals surface area contributed by atoms with Crippen LogP contribution >= 0.6 is 0 Å². The second kappa shape index (κ2) is 9.04. The number of benzene rings is 3. The van der Waals surface area contributed by atoms with Gasteiger partial charge in [-0.1, -0.05) is 59.7 Å². The highest BCUT2D eigenvalue weighted by Crippen LogP contribution is 2.34. The molecule has 2 nitrogen and oxygen atoms in total. The Bertz CT molecular complexity index is 1060. The number of allylic oxidation sites excluding steroid dienone is 4. The number of hydrogen-bond donors (Lipinski definition) is 1. The van der Waals surface area contributed by atoms with Gasteiger partial charge in [-0.3, -0.25) is 0 Å². The minimum absolute atomic E-state index is 0.923. The molecule has 0 atom stereocenters. The van der Waals surface area contributed by atoms with Gasteiger partial charge < -0.3 is 10.2 Å². The number of para-hydroxylation sites is 1. The Morgan fingerprint density at radius 2 is 1.43 bits per heavy atom. The fourth-order valence-corrected chi connectivity index (χ4v) is 3.99. The van der Waals surface area contributed by atoms with Crippen molar-refractivity contribution in [3.63, 3.8) is 0 Å². The van der Waals surface area contributed by atoms with Crippen molar-refractivity contribution in [1.82, 2.24) is 0 Å². The molecule has 2 heteroatoms. The summed E-state index contributed by atoms with van der Waals surface area (Å²) in [7, 11) is 1.98. The lowest BCUT2D eigenvalue weighted by Crippen LogP contribution is -2.17. The molecule has 0 spiro atoms. The van der Waals surface area contributed by atoms with Gasteiger partial charge in [-0.05, 0) is 80.6 Å². The number of hydrogen-bond acceptors (Lipinski definition) is 2. The van der Waals surface area contributed by atoms with Gasteiger partial charge in [0.25, 0.3) is 0 Å². The zero-order chi connectivity index (χ0) is 20.9. The molecular formula is C28H30N2. The van der Waals surface area contributed by atoms with E-state index in [1.807, 2.05) is 7.05 Å². The van der Waals surface area contributed by atoms with Crippen molar-refractivity contribution in [2.75, 3.05) is 17.3 Å². The minimum atomic E-state index is 0.923. The fourth-order valence-electron chi connectivity index (χ4n) is 3.99. The maximum Gasteiger partial charge on any atom is 0.0458 e. The zero-order valence-corrected chi connectivity index (χ0v) is 18.2. The van der Waals surface area contributed by atoms with Crippen molar-refractivity contribution in [2.24, 2.45) is 0 Å². The van der Waals surface area contributed by atoms with Crippen LogP contribution in [0.5, 0.6) is 0 Å². The molecule has 1 aliphatic rings. The fraction of sp³-hybridized carbons (Fsp3) is 0.214. The van der Waals surface area contributed by atoms with E-state index >= 15 is 0 Å². The quantitative estimate of drug-likeness (QED) is 0.469. The normalized spacial score (nSPS) is 13.4. The van der Waals surface area contributed by atoms with E-state index in [1.165, 1.54) is 45.0 Å². The highest BCUT2D eigenvalue weighted by atomic mass is 15.1. The van der Waals surface area contributed by atoms with Crippen molar-refractivity contribution in [1.29, 1.82) is 0 Å². The Kier molecular flexibility index (Phi) is 6.04. The van der Waals surface area contributed by atoms with Crippen LogP contribution in [0.4, 0.5) is 17.1 Å². The summed E-state index contributed by atoms with van der Waals surface area (Å²) in [4.78, 5) is 2.40. The molecule has 0 unspecified atom stereocenters. The third-order valence-electron chi connectivity index (χ3n) is 5.79. The molecule has 30 heavy (non-hydrogen) atoms. The number of rotatable bonds is 6. The Balaban J connectivity index is 1.65. The van der Waals surface area contributed by atoms with E-state index in [0.717, 1.165) is 19.3 Å². The third-order valence-corrected chi connectivity index (χ3v) is 5.79. The Hall–Kier alpha value is -3.26. The SMILES string of the molecule is CNc1ccccc1Cc1ccc(N(C2=CC=C(C)CC2)c2ccc(C)cc2)cc1. The molecule has 3 aromatic rings. The largest absolute Gasteiger partial charge is 0.388 e. The van der Waals surface area contributed by atoms with Crippen LogP contribution in [0, 0.1) is 6.92 Å². The summed E-state index contributed by atoms with van der Waals surface area (Å²) >= 11 is 0. The van der Waals surface area contributed by atoms with Gasteiger partial charge in [-0.25, -0.2) is 0 Å². The molecule has 0 bridgehead atoms. The summed E-state index contributed by atoms with van der Waals surface area (Å²) in [6.45, 7) is 4.35. The van der Waals surface area contributed by atoms with Crippen LogP contribution in [-0.4, -0.2) is 7.05 Å². The van der Waals surface area contributed by atoms with Crippen LogP contribution in [0.3, 0.4) is 0 Å². The molecule has 1 N–H and O–H groups in total. The third kappa shape index (κ3) is 4.49. The summed E-state index contributed by atoms with van der Waals surface area (Å²) < 4.78 is 0. The van der Waals surface area contributed by atoms with Crippen molar-refractivity contribution in [3.8, 4) is 0 Å². The van der Waals surface area contributed by atoms with Gasteiger partial charge in [0.2, 0.25) is 0 Å². The molecule has 0 aliphatic heterocycles. The van der Waals surface area contributed by atoms with E-state index in [4.69, 9.17) is 0 Å². The zero-order valence-electron chi connectivity index (χ0n) is 18.2. The van der Waals surface area contributed by atoms with Crippen LogP contribution in [-0.2, 0) is 6.42 Å². The Morgan fingerprint density at radius 1 is 0.767 bits per heavy atom. The first-order chi connectivity index (χ1) is 14.6. The topological polar surface area (TPSA) is 15.3 Å². The summed E-state index contributed by atoms with van der Waals surface area (Å²) in [6, 6.07) is 26.4. The van der Waals surface area contributed by atoms with Crippen LogP contribution in [0.2, 0.25) is 0 Å². The number of aryl methyl sites for hydroxylation is 1. The summed E-state index contributed by atoms with van der Waals surface area (Å²) in [5, 5.41) is 3.30. The standard InChI is InChI=1S/C28H30N2/c1-21-8-14-25(15-9-21)30(26-16-10-22(2)11-17-26)27-18-12-23(13-19-27)20-24-6-4-5-7-28(24)29-3/h4-10,12-16,18-19,29H,11,17,20H2,1-3H3. The second-order valence-corrected chi connectivity index (χ2v) is 8.09. The van der Waals surface area contributed by atoms with Gasteiger partial charge in [-0.2, -0.15) is 0 Å². The first-order valence-electron chi connectivity index (χ1n) is 10.7. The van der Waals surface area contributed by atoms with Gasteiger partial charge in [-0.15, -0.1) is 0 Å². The molecule has 0 aromatic heterocycles. The molecule has 0 radical (unpaired) electrons. The molecule has 0 heterocycles. The first-order valence-corrected chi connectivity index (χ1v) is 10.7. The predicted octanol–water partition coefficient (Wildman–Crippen LogP) is 7.39. The summed E-state index contributed by atoms with van der Waals surface area (Å²) in [5.41, 5.74) is 10.3. The lowest BCUT2D eigenvalue weighted by molar-refractivity contribution is 0.874. The highest BCUT2D eigenvalue weighted by Gasteiger charge is 2.16. The summed E-state index contributed by atoms with van der Waals surface area (Å²) in [5.74, 6) is 0. The smallest absolute Gasteiger partial charge is 0.0458 e. The molecule has 4 rings (SSSR count). The van der Waals surface area contributed by atoms with E-state index in [-0.39, 0.29) is 0 Å². The van der Waals surface area contributed by atoms with Crippen molar-refractivity contribution in [2.45, 2.75) is 33.1 Å². The first kappa shape index (κ1) is 20.0. The minimum Gasteiger partial charge on any atom is -0.388 e. The van der Waals surface area contributed by atoms with Crippen molar-refractivity contribution in [3.05, 3.63) is 113 Å². The van der Waals surface area contributed by atoms with Gasteiger partial charge in [0.05, 0.1) is 0 Å². The molecule has 1 aliphatic carbocycles. The van der Waals surface area contributed by atoms with Gasteiger partial charge in [0, 0.05) is 29.8 Å². The van der Waals surface area contributed by atoms with Crippen molar-refractivity contribution < 1.29 is 0 Å². The van der Waals surface area contributed by atoms with E-state index in [0.29, 0.717) is 0 Å². The van der Waals surface area contributed by atoms with Gasteiger partial charge in [0.15, 0.2) is 0 Å². The Labute approximate surface area is 180 Å². The number of anilines is 3. The molecule has 0 saturated heterocycles. The molecule has 0 amide bonds. The van der Waals surface area contributed by atoms with Crippen LogP contribution < -0.4 is 10.2 Å². The van der Waals surface area contributed by atoms with Gasteiger partial charge >= 0.3 is 0 Å². The lowest BCUT2D eigenvalue weighted by atomic mass is 10.0. The summed E-state index contributed by atoms with van der Waals surface area (Å²) in [6.07, 6.45) is 7.63. The van der Waals surface area contributed by atoms with E-state index in [2.05, 4.69) is 109 Å². The van der Waals surface area contributed by atoms with Crippen LogP contribution in [0.15, 0.2) is 96.2 Å². The molecule has 152 valence electrons. The molecule has 0 fully saturated rings. The average molecular weight is 395 g/mol. The Morgan fingerprint density at radius 3 is 2.07 bits per heavy atom. The second-order valence-electron chi connectivity index (χ2n) is 8.09. The molecular weight excluding hydrogens is 364 g/mol. The van der Waals surface area contributed by atoms with E-state index in [9.17, 15) is 0 Å². The lowest BCUT2D eigenvalue weighted by Gasteiger charge is -2.29. The highest BCUT2D eigenvalue weighted by molar-refractivity contribution is 5.69.